The van der Waals surface area contributed by atoms with E-state index in [0.717, 1.165) is 28.2 Å². The van der Waals surface area contributed by atoms with Crippen molar-refractivity contribution in [1.82, 2.24) is 19.0 Å². The van der Waals surface area contributed by atoms with Gasteiger partial charge in [0, 0.05) is 44.1 Å². The molecule has 168 valence electrons. The Morgan fingerprint density at radius 1 is 0.906 bits per heavy atom. The Hall–Kier alpha value is -3.18. The monoisotopic (exact) mass is 464 g/mol. The molecule has 2 aromatic carbocycles. The van der Waals surface area contributed by atoms with Crippen LogP contribution in [0.3, 0.4) is 0 Å². The number of hydrogen-bond acceptors (Lipinski definition) is 4. The summed E-state index contributed by atoms with van der Waals surface area (Å²) in [6.45, 7) is -0.0302. The van der Waals surface area contributed by atoms with Gasteiger partial charge in [0.1, 0.15) is 0 Å². The first-order valence-corrected chi connectivity index (χ1v) is 11.2. The van der Waals surface area contributed by atoms with Crippen LogP contribution >= 0.6 is 0 Å². The van der Waals surface area contributed by atoms with E-state index >= 15 is 0 Å². The predicted octanol–water partition coefficient (Wildman–Crippen LogP) is 3.04. The van der Waals surface area contributed by atoms with Crippen molar-refractivity contribution >= 4 is 15.9 Å². The van der Waals surface area contributed by atoms with Gasteiger partial charge < -0.3 is 4.90 Å². The quantitative estimate of drug-likeness (QED) is 0.595. The molecule has 7 nitrogen and oxygen atoms in total. The Morgan fingerprint density at radius 3 is 2.16 bits per heavy atom. The number of rotatable bonds is 4. The van der Waals surface area contributed by atoms with E-state index in [1.165, 1.54) is 11.0 Å². The zero-order valence-electron chi connectivity index (χ0n) is 16.7. The molecule has 1 fully saturated rings. The van der Waals surface area contributed by atoms with Crippen molar-refractivity contribution in [3.8, 4) is 5.69 Å². The summed E-state index contributed by atoms with van der Waals surface area (Å²) in [5, 5.41) is 4.12. The molecule has 11 heteroatoms. The molecule has 1 aromatic heterocycles. The minimum atomic E-state index is -4.79. The molecule has 0 unspecified atom stereocenters. The first-order valence-electron chi connectivity index (χ1n) is 9.74. The highest BCUT2D eigenvalue weighted by atomic mass is 32.2. The first-order chi connectivity index (χ1) is 15.2. The molecular formula is C21H19F3N4O3S. The average molecular weight is 464 g/mol. The lowest BCUT2D eigenvalue weighted by Crippen LogP contribution is -2.50. The van der Waals surface area contributed by atoms with Crippen molar-refractivity contribution in [3.63, 3.8) is 0 Å². The molecule has 1 aliphatic rings. The summed E-state index contributed by atoms with van der Waals surface area (Å²) in [6.07, 6.45) is -1.38. The Labute approximate surface area is 182 Å². The van der Waals surface area contributed by atoms with Gasteiger partial charge in [0.15, 0.2) is 0 Å². The van der Waals surface area contributed by atoms with Crippen molar-refractivity contribution in [2.24, 2.45) is 0 Å². The molecule has 1 saturated heterocycles. The lowest BCUT2D eigenvalue weighted by Gasteiger charge is -2.34. The maximum absolute atomic E-state index is 13.3. The van der Waals surface area contributed by atoms with E-state index in [-0.39, 0.29) is 32.1 Å². The van der Waals surface area contributed by atoms with E-state index in [0.29, 0.717) is 5.56 Å². The van der Waals surface area contributed by atoms with Crippen molar-refractivity contribution in [3.05, 3.63) is 78.1 Å². The molecule has 0 spiro atoms. The molecule has 32 heavy (non-hydrogen) atoms. The van der Waals surface area contributed by atoms with E-state index in [4.69, 9.17) is 0 Å². The number of hydrogen-bond donors (Lipinski definition) is 0. The van der Waals surface area contributed by atoms with Crippen LogP contribution in [-0.4, -0.2) is 59.5 Å². The van der Waals surface area contributed by atoms with E-state index in [9.17, 15) is 26.4 Å². The lowest BCUT2D eigenvalue weighted by molar-refractivity contribution is -0.139. The zero-order chi connectivity index (χ0) is 22.9. The number of carbonyl (C=O) groups is 1. The largest absolute Gasteiger partial charge is 0.417 e. The number of piperazine rings is 1. The normalized spacial score (nSPS) is 15.7. The van der Waals surface area contributed by atoms with E-state index in [2.05, 4.69) is 5.10 Å². The van der Waals surface area contributed by atoms with E-state index in [1.807, 2.05) is 0 Å². The highest BCUT2D eigenvalue weighted by Gasteiger charge is 2.39. The predicted molar refractivity (Wildman–Crippen MR) is 110 cm³/mol. The molecule has 0 N–H and O–H groups in total. The summed E-state index contributed by atoms with van der Waals surface area (Å²) in [4.78, 5) is 13.5. The number of aromatic nitrogens is 2. The average Bonchev–Trinajstić information content (AvgIpc) is 3.33. The SMILES string of the molecule is O=C(c1ccc(-n2cccn2)cc1)N1CCN(S(=O)(=O)c2ccccc2C(F)(F)F)CC1. The molecule has 0 bridgehead atoms. The highest BCUT2D eigenvalue weighted by molar-refractivity contribution is 7.89. The van der Waals surface area contributed by atoms with E-state index < -0.39 is 26.7 Å². The van der Waals surface area contributed by atoms with Crippen LogP contribution in [0.15, 0.2) is 71.9 Å². The fraction of sp³-hybridized carbons (Fsp3) is 0.238. The van der Waals surface area contributed by atoms with Gasteiger partial charge in [0.05, 0.1) is 16.1 Å². The minimum Gasteiger partial charge on any atom is -0.336 e. The molecule has 0 radical (unpaired) electrons. The number of carbonyl (C=O) groups excluding carboxylic acids is 1. The van der Waals surface area contributed by atoms with Gasteiger partial charge in [-0.15, -0.1) is 0 Å². The number of sulfonamides is 1. The summed E-state index contributed by atoms with van der Waals surface area (Å²) < 4.78 is 68.2. The Kier molecular flexibility index (Phi) is 5.78. The van der Waals surface area contributed by atoms with Gasteiger partial charge in [-0.25, -0.2) is 13.1 Å². The molecule has 2 heterocycles. The first kappa shape index (κ1) is 22.0. The second-order valence-corrected chi connectivity index (χ2v) is 9.09. The summed E-state index contributed by atoms with van der Waals surface area (Å²) in [5.41, 5.74) is 0.0150. The number of halogens is 3. The lowest BCUT2D eigenvalue weighted by atomic mass is 10.1. The van der Waals surface area contributed by atoms with Crippen LogP contribution in [-0.2, 0) is 16.2 Å². The van der Waals surface area contributed by atoms with Gasteiger partial charge >= 0.3 is 6.18 Å². The molecule has 1 amide bonds. The molecule has 1 aliphatic heterocycles. The topological polar surface area (TPSA) is 75.5 Å². The maximum atomic E-state index is 13.3. The van der Waals surface area contributed by atoms with Crippen molar-refractivity contribution in [2.75, 3.05) is 26.2 Å². The summed E-state index contributed by atoms with van der Waals surface area (Å²) in [6, 6.07) is 12.7. The van der Waals surface area contributed by atoms with Gasteiger partial charge in [-0.2, -0.15) is 22.6 Å². The van der Waals surface area contributed by atoms with Crippen LogP contribution in [0, 0.1) is 0 Å². The van der Waals surface area contributed by atoms with Crippen molar-refractivity contribution in [1.29, 1.82) is 0 Å². The van der Waals surface area contributed by atoms with Gasteiger partial charge in [-0.3, -0.25) is 4.79 Å². The minimum absolute atomic E-state index is 0.0765. The maximum Gasteiger partial charge on any atom is 0.417 e. The van der Waals surface area contributed by atoms with E-state index in [1.54, 1.807) is 47.4 Å². The summed E-state index contributed by atoms with van der Waals surface area (Å²) in [5.74, 6) is -0.273. The number of nitrogens with zero attached hydrogens (tertiary/aromatic N) is 4. The van der Waals surface area contributed by atoms with Crippen LogP contribution in [0.5, 0.6) is 0 Å². The van der Waals surface area contributed by atoms with Crippen LogP contribution in [0.2, 0.25) is 0 Å². The third-order valence-corrected chi connectivity index (χ3v) is 7.18. The Morgan fingerprint density at radius 2 is 1.56 bits per heavy atom. The zero-order valence-corrected chi connectivity index (χ0v) is 17.6. The molecule has 4 rings (SSSR count). The molecular weight excluding hydrogens is 445 g/mol. The summed E-state index contributed by atoms with van der Waals surface area (Å²) >= 11 is 0. The fourth-order valence-electron chi connectivity index (χ4n) is 3.56. The van der Waals surface area contributed by atoms with Crippen molar-refractivity contribution in [2.45, 2.75) is 11.1 Å². The van der Waals surface area contributed by atoms with Gasteiger partial charge in [-0.05, 0) is 42.5 Å². The van der Waals surface area contributed by atoms with Gasteiger partial charge in [0.25, 0.3) is 5.91 Å². The van der Waals surface area contributed by atoms with Crippen LogP contribution in [0.4, 0.5) is 13.2 Å². The van der Waals surface area contributed by atoms with Gasteiger partial charge in [0.2, 0.25) is 10.0 Å². The molecule has 0 saturated carbocycles. The third-order valence-electron chi connectivity index (χ3n) is 5.22. The van der Waals surface area contributed by atoms with Crippen LogP contribution in [0.1, 0.15) is 15.9 Å². The highest BCUT2D eigenvalue weighted by Crippen LogP contribution is 2.35. The summed E-state index contributed by atoms with van der Waals surface area (Å²) in [7, 11) is -4.35. The fourth-order valence-corrected chi connectivity index (χ4v) is 5.19. The Balaban J connectivity index is 1.46. The molecule has 3 aromatic rings. The van der Waals surface area contributed by atoms with Crippen molar-refractivity contribution < 1.29 is 26.4 Å². The van der Waals surface area contributed by atoms with Crippen LogP contribution in [0.25, 0.3) is 5.69 Å². The molecule has 0 atom stereocenters. The molecule has 0 aliphatic carbocycles. The number of amides is 1. The van der Waals surface area contributed by atoms with Gasteiger partial charge in [-0.1, -0.05) is 12.1 Å². The standard InChI is InChI=1S/C21H19F3N4O3S/c22-21(23,24)18-4-1-2-5-19(18)32(30,31)27-14-12-26(13-15-27)20(29)16-6-8-17(9-7-16)28-11-3-10-25-28/h1-11H,12-15H2. The second kappa shape index (κ2) is 8.40. The Bertz CT molecular complexity index is 1200. The number of alkyl halides is 3. The van der Waals surface area contributed by atoms with Crippen LogP contribution < -0.4 is 0 Å². The third kappa shape index (κ3) is 4.26. The smallest absolute Gasteiger partial charge is 0.336 e. The second-order valence-electron chi connectivity index (χ2n) is 7.19. The number of benzene rings is 2.